The molecule has 7 nitrogen and oxygen atoms in total. The summed E-state index contributed by atoms with van der Waals surface area (Å²) in [5, 5.41) is 14.5. The second-order valence-corrected chi connectivity index (χ2v) is 4.58. The maximum absolute atomic E-state index is 11.9. The number of Topliss-reactive ketones (excluding diaryl/α,β-unsaturated/α-hetero) is 1. The van der Waals surface area contributed by atoms with Crippen molar-refractivity contribution in [2.24, 2.45) is 5.10 Å². The van der Waals surface area contributed by atoms with Crippen molar-refractivity contribution >= 4 is 23.4 Å². The number of carbonyl (C=O) groups excluding carboxylic acids is 1. The Kier molecular flexibility index (Phi) is 5.40. The number of ether oxygens (including phenoxy) is 1. The summed E-state index contributed by atoms with van der Waals surface area (Å²) in [6.07, 6.45) is 1.60. The van der Waals surface area contributed by atoms with E-state index >= 15 is 0 Å². The summed E-state index contributed by atoms with van der Waals surface area (Å²) in [6.45, 7) is 0. The van der Waals surface area contributed by atoms with Gasteiger partial charge in [0, 0.05) is 30.3 Å². The number of nitrogens with zero attached hydrogens (tertiary/aromatic N) is 2. The van der Waals surface area contributed by atoms with E-state index in [1.807, 2.05) is 0 Å². The first-order valence-electron chi connectivity index (χ1n) is 6.79. The van der Waals surface area contributed by atoms with Crippen LogP contribution in [0.5, 0.6) is 5.75 Å². The molecule has 0 heterocycles. The van der Waals surface area contributed by atoms with E-state index in [0.717, 1.165) is 0 Å². The van der Waals surface area contributed by atoms with Gasteiger partial charge in [-0.1, -0.05) is 0 Å². The van der Waals surface area contributed by atoms with E-state index in [4.69, 9.17) is 4.74 Å². The normalized spacial score (nSPS) is 10.5. The molecule has 23 heavy (non-hydrogen) atoms. The van der Waals surface area contributed by atoms with Crippen molar-refractivity contribution in [3.05, 3.63) is 64.2 Å². The summed E-state index contributed by atoms with van der Waals surface area (Å²) >= 11 is 0. The van der Waals surface area contributed by atoms with Crippen molar-refractivity contribution in [1.29, 1.82) is 0 Å². The number of methoxy groups -OCH3 is 1. The van der Waals surface area contributed by atoms with E-state index in [2.05, 4.69) is 10.5 Å². The fraction of sp³-hybridized carbons (Fsp3) is 0.125. The van der Waals surface area contributed by atoms with Gasteiger partial charge >= 0.3 is 0 Å². The molecule has 118 valence electrons. The SMILES string of the molecule is COc1ccc(C(=O)C/C=N/Nc2ccc([N+](=O)[O-])cc2)cc1. The maximum atomic E-state index is 11.9. The zero-order valence-electron chi connectivity index (χ0n) is 12.4. The molecular formula is C16H15N3O4. The Morgan fingerprint density at radius 2 is 1.87 bits per heavy atom. The number of hydrazone groups is 1. The Hall–Kier alpha value is -3.22. The number of non-ortho nitro benzene ring substituents is 1. The predicted octanol–water partition coefficient (Wildman–Crippen LogP) is 3.27. The fourth-order valence-corrected chi connectivity index (χ4v) is 1.80. The van der Waals surface area contributed by atoms with E-state index in [-0.39, 0.29) is 17.9 Å². The van der Waals surface area contributed by atoms with Crippen LogP contribution in [0.1, 0.15) is 16.8 Å². The van der Waals surface area contributed by atoms with Gasteiger partial charge in [-0.15, -0.1) is 0 Å². The van der Waals surface area contributed by atoms with Crippen molar-refractivity contribution < 1.29 is 14.5 Å². The van der Waals surface area contributed by atoms with Crippen molar-refractivity contribution in [3.8, 4) is 5.75 Å². The Labute approximate surface area is 132 Å². The number of rotatable bonds is 7. The predicted molar refractivity (Wildman–Crippen MR) is 87.2 cm³/mol. The van der Waals surface area contributed by atoms with Crippen molar-refractivity contribution in [2.45, 2.75) is 6.42 Å². The van der Waals surface area contributed by atoms with Crippen LogP contribution in [0.3, 0.4) is 0 Å². The van der Waals surface area contributed by atoms with Gasteiger partial charge in [-0.2, -0.15) is 5.10 Å². The number of nitrogens with one attached hydrogen (secondary N) is 1. The Bertz CT molecular complexity index is 709. The molecular weight excluding hydrogens is 298 g/mol. The number of nitro benzene ring substituents is 1. The van der Waals surface area contributed by atoms with E-state index in [0.29, 0.717) is 17.0 Å². The highest BCUT2D eigenvalue weighted by atomic mass is 16.6. The third-order valence-corrected chi connectivity index (χ3v) is 3.05. The van der Waals surface area contributed by atoms with Crippen LogP contribution in [-0.4, -0.2) is 24.0 Å². The monoisotopic (exact) mass is 313 g/mol. The number of nitro groups is 1. The van der Waals surface area contributed by atoms with Gasteiger partial charge in [-0.05, 0) is 36.4 Å². The first-order chi connectivity index (χ1) is 11.1. The molecule has 0 atom stereocenters. The second kappa shape index (κ2) is 7.69. The van der Waals surface area contributed by atoms with Crippen LogP contribution in [0.2, 0.25) is 0 Å². The minimum Gasteiger partial charge on any atom is -0.497 e. The number of hydrogen-bond acceptors (Lipinski definition) is 6. The molecule has 0 aliphatic heterocycles. The third-order valence-electron chi connectivity index (χ3n) is 3.05. The summed E-state index contributed by atoms with van der Waals surface area (Å²) in [4.78, 5) is 22.0. The molecule has 0 saturated carbocycles. The molecule has 0 amide bonds. The number of carbonyl (C=O) groups is 1. The van der Waals surface area contributed by atoms with Crippen molar-refractivity contribution in [1.82, 2.24) is 0 Å². The largest absolute Gasteiger partial charge is 0.497 e. The standard InChI is InChI=1S/C16H15N3O4/c1-23-15-8-2-12(3-9-15)16(20)10-11-17-18-13-4-6-14(7-5-13)19(21)22/h2-9,11,18H,10H2,1H3/b17-11+. The van der Waals surface area contributed by atoms with Gasteiger partial charge in [0.2, 0.25) is 0 Å². The van der Waals surface area contributed by atoms with Crippen LogP contribution in [-0.2, 0) is 0 Å². The van der Waals surface area contributed by atoms with Crippen LogP contribution in [0.25, 0.3) is 0 Å². The van der Waals surface area contributed by atoms with E-state index in [9.17, 15) is 14.9 Å². The topological polar surface area (TPSA) is 93.8 Å². The van der Waals surface area contributed by atoms with E-state index in [1.54, 1.807) is 43.5 Å². The van der Waals surface area contributed by atoms with E-state index < -0.39 is 4.92 Å². The molecule has 0 unspecified atom stereocenters. The zero-order valence-corrected chi connectivity index (χ0v) is 12.4. The average Bonchev–Trinajstić information content (AvgIpc) is 2.59. The molecule has 0 radical (unpaired) electrons. The molecule has 0 saturated heterocycles. The lowest BCUT2D eigenvalue weighted by atomic mass is 10.1. The minimum atomic E-state index is -0.472. The van der Waals surface area contributed by atoms with Gasteiger partial charge in [-0.25, -0.2) is 0 Å². The molecule has 0 aliphatic carbocycles. The smallest absolute Gasteiger partial charge is 0.269 e. The Morgan fingerprint density at radius 3 is 2.43 bits per heavy atom. The van der Waals surface area contributed by atoms with Gasteiger partial charge in [0.1, 0.15) is 5.75 Å². The number of anilines is 1. The Morgan fingerprint density at radius 1 is 1.22 bits per heavy atom. The van der Waals surface area contributed by atoms with Crippen molar-refractivity contribution in [3.63, 3.8) is 0 Å². The first kappa shape index (κ1) is 16.2. The zero-order chi connectivity index (χ0) is 16.7. The Balaban J connectivity index is 1.85. The molecule has 0 aliphatic rings. The van der Waals surface area contributed by atoms with Crippen LogP contribution in [0, 0.1) is 10.1 Å². The van der Waals surface area contributed by atoms with Gasteiger partial charge in [0.15, 0.2) is 5.78 Å². The minimum absolute atomic E-state index is 0.00853. The molecule has 0 aromatic heterocycles. The van der Waals surface area contributed by atoms with Crippen LogP contribution < -0.4 is 10.2 Å². The lowest BCUT2D eigenvalue weighted by molar-refractivity contribution is -0.384. The first-order valence-corrected chi connectivity index (χ1v) is 6.79. The third kappa shape index (κ3) is 4.63. The van der Waals surface area contributed by atoms with Gasteiger partial charge in [0.25, 0.3) is 5.69 Å². The fourth-order valence-electron chi connectivity index (χ4n) is 1.80. The number of ketones is 1. The maximum Gasteiger partial charge on any atom is 0.269 e. The van der Waals surface area contributed by atoms with Crippen LogP contribution in [0.4, 0.5) is 11.4 Å². The molecule has 0 fully saturated rings. The van der Waals surface area contributed by atoms with E-state index in [1.165, 1.54) is 18.3 Å². The van der Waals surface area contributed by atoms with Crippen LogP contribution >= 0.6 is 0 Å². The molecule has 1 N–H and O–H groups in total. The van der Waals surface area contributed by atoms with Gasteiger partial charge in [-0.3, -0.25) is 20.3 Å². The summed E-state index contributed by atoms with van der Waals surface area (Å²) in [6, 6.07) is 12.7. The highest BCUT2D eigenvalue weighted by molar-refractivity contribution is 6.03. The summed E-state index contributed by atoms with van der Waals surface area (Å²) < 4.78 is 5.03. The average molecular weight is 313 g/mol. The highest BCUT2D eigenvalue weighted by Crippen LogP contribution is 2.15. The quantitative estimate of drug-likeness (QED) is 0.366. The number of benzene rings is 2. The molecule has 7 heteroatoms. The molecule has 2 aromatic rings. The second-order valence-electron chi connectivity index (χ2n) is 4.58. The molecule has 2 rings (SSSR count). The molecule has 0 bridgehead atoms. The van der Waals surface area contributed by atoms with Crippen molar-refractivity contribution in [2.75, 3.05) is 12.5 Å². The van der Waals surface area contributed by atoms with Crippen LogP contribution in [0.15, 0.2) is 53.6 Å². The lowest BCUT2D eigenvalue weighted by Gasteiger charge is -2.01. The summed E-state index contributed by atoms with van der Waals surface area (Å²) in [5.41, 5.74) is 3.90. The highest BCUT2D eigenvalue weighted by Gasteiger charge is 2.05. The number of hydrogen-bond donors (Lipinski definition) is 1. The summed E-state index contributed by atoms with van der Waals surface area (Å²) in [5.74, 6) is 0.622. The summed E-state index contributed by atoms with van der Waals surface area (Å²) in [7, 11) is 1.56. The molecule has 2 aromatic carbocycles. The van der Waals surface area contributed by atoms with Gasteiger partial charge in [0.05, 0.1) is 17.7 Å². The van der Waals surface area contributed by atoms with Gasteiger partial charge < -0.3 is 4.74 Å². The molecule has 0 spiro atoms. The lowest BCUT2D eigenvalue weighted by Crippen LogP contribution is -2.00.